The maximum atomic E-state index is 13.7. The molecule has 0 spiro atoms. The van der Waals surface area contributed by atoms with Crippen LogP contribution in [0.1, 0.15) is 23.2 Å². The molecule has 0 radical (unpaired) electrons. The number of carboxylic acid groups (broad SMARTS) is 1. The molecule has 1 aromatic carbocycles. The van der Waals surface area contributed by atoms with Crippen molar-refractivity contribution in [2.24, 2.45) is 5.92 Å². The minimum Gasteiger partial charge on any atom is -0.478 e. The minimum absolute atomic E-state index is 0.00563. The van der Waals surface area contributed by atoms with Crippen molar-refractivity contribution in [1.29, 1.82) is 0 Å². The summed E-state index contributed by atoms with van der Waals surface area (Å²) in [5, 5.41) is 13.5. The van der Waals surface area contributed by atoms with Crippen molar-refractivity contribution >= 4 is 67.3 Å². The molecule has 3 atom stereocenters. The van der Waals surface area contributed by atoms with Crippen molar-refractivity contribution in [2.45, 2.75) is 31.5 Å². The van der Waals surface area contributed by atoms with Crippen LogP contribution >= 0.6 is 15.9 Å². The number of nitrogens with two attached hydrogens (primary N) is 1. The predicted octanol–water partition coefficient (Wildman–Crippen LogP) is 2.65. The fourth-order valence-corrected chi connectivity index (χ4v) is 5.52. The third kappa shape index (κ3) is 3.65. The number of carbonyl (C=O) groups excluding carboxylic acids is 2. The molecule has 1 aliphatic heterocycles. The molecule has 11 nitrogen and oxygen atoms in total. The number of aromatic nitrogens is 4. The van der Waals surface area contributed by atoms with E-state index in [4.69, 9.17) is 5.73 Å². The van der Waals surface area contributed by atoms with E-state index in [0.29, 0.717) is 38.8 Å². The molecule has 0 unspecified atom stereocenters. The number of carboxylic acids is 1. The van der Waals surface area contributed by atoms with E-state index >= 15 is 0 Å². The lowest BCUT2D eigenvalue weighted by atomic mass is 10.1. The van der Waals surface area contributed by atoms with Crippen LogP contribution in [0.3, 0.4) is 0 Å². The van der Waals surface area contributed by atoms with Crippen LogP contribution in [0.4, 0.5) is 11.6 Å². The van der Waals surface area contributed by atoms with Crippen LogP contribution in [0.5, 0.6) is 0 Å². The van der Waals surface area contributed by atoms with Crippen LogP contribution in [-0.2, 0) is 16.1 Å². The molecule has 36 heavy (non-hydrogen) atoms. The van der Waals surface area contributed by atoms with Gasteiger partial charge in [-0.2, -0.15) is 0 Å². The molecule has 1 saturated carbocycles. The van der Waals surface area contributed by atoms with E-state index in [2.05, 4.69) is 36.2 Å². The molecule has 2 amide bonds. The number of nitrogens with one attached hydrogen (secondary N) is 1. The van der Waals surface area contributed by atoms with E-state index < -0.39 is 12.0 Å². The molecule has 0 bridgehead atoms. The fourth-order valence-electron chi connectivity index (χ4n) is 5.18. The first-order chi connectivity index (χ1) is 17.3. The number of piperidine rings is 1. The Morgan fingerprint density at radius 1 is 1.17 bits per heavy atom. The summed E-state index contributed by atoms with van der Waals surface area (Å²) in [6, 6.07) is 9.22. The Hall–Kier alpha value is -4.06. The summed E-state index contributed by atoms with van der Waals surface area (Å²) in [7, 11) is 0. The molecule has 2 aliphatic rings. The SMILES string of the molecule is Nc1ncnc2c1c1ccc(C(=O)O)cc1n2CC(=O)N1[C@@H]2C[C@@H]2C[C@H]1C(=O)Nc1cccc(Br)n1. The zero-order chi connectivity index (χ0) is 25.1. The molecule has 12 heteroatoms. The van der Waals surface area contributed by atoms with E-state index in [0.717, 1.165) is 6.42 Å². The van der Waals surface area contributed by atoms with E-state index in [1.54, 1.807) is 33.7 Å². The number of rotatable bonds is 5. The van der Waals surface area contributed by atoms with Gasteiger partial charge in [-0.25, -0.2) is 19.7 Å². The van der Waals surface area contributed by atoms with Gasteiger partial charge in [0.05, 0.1) is 16.5 Å². The number of fused-ring (bicyclic) bond motifs is 4. The Kier molecular flexibility index (Phi) is 5.14. The zero-order valence-corrected chi connectivity index (χ0v) is 20.3. The summed E-state index contributed by atoms with van der Waals surface area (Å²) < 4.78 is 2.24. The Bertz CT molecular complexity index is 1590. The average Bonchev–Trinajstić information content (AvgIpc) is 3.39. The van der Waals surface area contributed by atoms with Gasteiger partial charge < -0.3 is 25.6 Å². The van der Waals surface area contributed by atoms with Crippen LogP contribution in [0.25, 0.3) is 21.9 Å². The number of anilines is 2. The summed E-state index contributed by atoms with van der Waals surface area (Å²) in [5.41, 5.74) is 7.14. The molecule has 4 heterocycles. The van der Waals surface area contributed by atoms with Crippen molar-refractivity contribution in [3.8, 4) is 0 Å². The van der Waals surface area contributed by atoms with Gasteiger partial charge in [-0.1, -0.05) is 12.1 Å². The molecule has 4 aromatic rings. The van der Waals surface area contributed by atoms with Gasteiger partial charge in [0, 0.05) is 11.4 Å². The van der Waals surface area contributed by atoms with Crippen LogP contribution in [0.2, 0.25) is 0 Å². The first-order valence-corrected chi connectivity index (χ1v) is 12.1. The van der Waals surface area contributed by atoms with Crippen molar-refractivity contribution in [3.63, 3.8) is 0 Å². The molecular weight excluding hydrogens is 530 g/mol. The number of pyridine rings is 1. The highest BCUT2D eigenvalue weighted by Gasteiger charge is 2.56. The number of likely N-dealkylation sites (tertiary alicyclic amines) is 1. The summed E-state index contributed by atoms with van der Waals surface area (Å²) in [5.74, 6) is -0.700. The number of carbonyl (C=O) groups is 3. The molecule has 1 aliphatic carbocycles. The van der Waals surface area contributed by atoms with Gasteiger partial charge >= 0.3 is 5.97 Å². The Morgan fingerprint density at radius 2 is 2.00 bits per heavy atom. The third-order valence-corrected chi connectivity index (χ3v) is 7.31. The van der Waals surface area contributed by atoms with Gasteiger partial charge in [0.1, 0.15) is 40.8 Å². The van der Waals surface area contributed by atoms with Crippen LogP contribution in [0, 0.1) is 5.92 Å². The summed E-state index contributed by atoms with van der Waals surface area (Å²) >= 11 is 3.29. The van der Waals surface area contributed by atoms with E-state index in [1.165, 1.54) is 18.5 Å². The number of amides is 2. The van der Waals surface area contributed by atoms with Gasteiger partial charge in [0.25, 0.3) is 0 Å². The number of halogens is 1. The van der Waals surface area contributed by atoms with Gasteiger partial charge in [0.15, 0.2) is 0 Å². The second-order valence-corrected chi connectivity index (χ2v) is 9.84. The Balaban J connectivity index is 1.35. The van der Waals surface area contributed by atoms with Gasteiger partial charge in [-0.15, -0.1) is 0 Å². The number of hydrogen-bond donors (Lipinski definition) is 3. The molecule has 3 aromatic heterocycles. The first-order valence-electron chi connectivity index (χ1n) is 11.3. The zero-order valence-electron chi connectivity index (χ0n) is 18.8. The number of benzene rings is 1. The highest BCUT2D eigenvalue weighted by Crippen LogP contribution is 2.48. The lowest BCUT2D eigenvalue weighted by Gasteiger charge is -2.27. The topological polar surface area (TPSA) is 156 Å². The third-order valence-electron chi connectivity index (χ3n) is 6.87. The smallest absolute Gasteiger partial charge is 0.335 e. The fraction of sp³-hybridized carbons (Fsp3) is 0.250. The maximum Gasteiger partial charge on any atom is 0.335 e. The molecule has 182 valence electrons. The standard InChI is InChI=1S/C24H20BrN7O4/c25-17-2-1-3-18(29-17)30-23(34)16-8-12-7-14(12)32(16)19(33)9-31-15-6-11(24(35)36)4-5-13(15)20-21(26)27-10-28-22(20)31/h1-6,10,12,14,16H,7-9H2,(H,35,36)(H2,26,27,28)(H,29,30,34)/t12-,14-,16+/m1/s1. The molecular formula is C24H20BrN7O4. The van der Waals surface area contributed by atoms with E-state index in [9.17, 15) is 19.5 Å². The molecule has 6 rings (SSSR count). The van der Waals surface area contributed by atoms with Gasteiger partial charge in [-0.05, 0) is 59.0 Å². The highest BCUT2D eigenvalue weighted by molar-refractivity contribution is 9.10. The average molecular weight is 550 g/mol. The largest absolute Gasteiger partial charge is 0.478 e. The number of hydrogen-bond acceptors (Lipinski definition) is 7. The van der Waals surface area contributed by atoms with Crippen LogP contribution in [-0.4, -0.2) is 59.4 Å². The van der Waals surface area contributed by atoms with Gasteiger partial charge in [-0.3, -0.25) is 9.59 Å². The summed E-state index contributed by atoms with van der Waals surface area (Å²) in [6.07, 6.45) is 2.75. The monoisotopic (exact) mass is 549 g/mol. The van der Waals surface area contributed by atoms with Crippen molar-refractivity contribution in [3.05, 3.63) is 52.9 Å². The molecule has 1 saturated heterocycles. The highest BCUT2D eigenvalue weighted by atomic mass is 79.9. The summed E-state index contributed by atoms with van der Waals surface area (Å²) in [4.78, 5) is 52.7. The lowest BCUT2D eigenvalue weighted by molar-refractivity contribution is -0.138. The van der Waals surface area contributed by atoms with Crippen molar-refractivity contribution in [1.82, 2.24) is 24.4 Å². The number of aromatic carboxylic acids is 1. The maximum absolute atomic E-state index is 13.7. The Labute approximate surface area is 212 Å². The lowest BCUT2D eigenvalue weighted by Crippen LogP contribution is -2.46. The van der Waals surface area contributed by atoms with Crippen LogP contribution in [0.15, 0.2) is 47.3 Å². The van der Waals surface area contributed by atoms with Crippen molar-refractivity contribution in [2.75, 3.05) is 11.1 Å². The van der Waals surface area contributed by atoms with Crippen LogP contribution < -0.4 is 11.1 Å². The minimum atomic E-state index is -1.09. The predicted molar refractivity (Wildman–Crippen MR) is 134 cm³/mol. The summed E-state index contributed by atoms with van der Waals surface area (Å²) in [6.45, 7) is -0.123. The molecule has 2 fully saturated rings. The molecule has 4 N–H and O–H groups in total. The van der Waals surface area contributed by atoms with E-state index in [-0.39, 0.29) is 41.7 Å². The second-order valence-electron chi connectivity index (χ2n) is 9.03. The number of nitrogens with zero attached hydrogens (tertiary/aromatic N) is 5. The number of nitrogen functional groups attached to an aromatic ring is 1. The second kappa shape index (κ2) is 8.26. The Morgan fingerprint density at radius 3 is 2.78 bits per heavy atom. The first kappa shape index (κ1) is 22.4. The van der Waals surface area contributed by atoms with E-state index in [1.807, 2.05) is 0 Å². The normalized spacial score (nSPS) is 20.5. The van der Waals surface area contributed by atoms with Crippen molar-refractivity contribution < 1.29 is 19.5 Å². The van der Waals surface area contributed by atoms with Gasteiger partial charge in [0.2, 0.25) is 11.8 Å². The quantitative estimate of drug-likeness (QED) is 0.320.